The predicted octanol–water partition coefficient (Wildman–Crippen LogP) is 4.90. The summed E-state index contributed by atoms with van der Waals surface area (Å²) in [5, 5.41) is 3.43. The van der Waals surface area contributed by atoms with Gasteiger partial charge in [-0.2, -0.15) is 0 Å². The van der Waals surface area contributed by atoms with Crippen LogP contribution in [0.4, 0.5) is 17.3 Å². The summed E-state index contributed by atoms with van der Waals surface area (Å²) in [6, 6.07) is 14.8. The molecule has 0 amide bonds. The van der Waals surface area contributed by atoms with Gasteiger partial charge in [0.25, 0.3) is 0 Å². The number of methoxy groups -OCH3 is 1. The van der Waals surface area contributed by atoms with Gasteiger partial charge in [-0.05, 0) is 60.3 Å². The zero-order chi connectivity index (χ0) is 22.3. The first-order valence-corrected chi connectivity index (χ1v) is 11.3. The summed E-state index contributed by atoms with van der Waals surface area (Å²) in [6.07, 6.45) is 2.89. The van der Waals surface area contributed by atoms with Crippen LogP contribution in [0.3, 0.4) is 0 Å². The quantitative estimate of drug-likeness (QED) is 0.591. The maximum Gasteiger partial charge on any atom is 0.227 e. The summed E-state index contributed by atoms with van der Waals surface area (Å²) in [5.41, 5.74) is 6.86. The summed E-state index contributed by atoms with van der Waals surface area (Å²) in [5.74, 6) is 1.47. The van der Waals surface area contributed by atoms with Gasteiger partial charge in [0.2, 0.25) is 5.95 Å². The van der Waals surface area contributed by atoms with E-state index in [4.69, 9.17) is 9.72 Å². The number of ether oxygens (including phenoxy) is 1. The average molecular weight is 466 g/mol. The van der Waals surface area contributed by atoms with Crippen molar-refractivity contribution in [3.8, 4) is 17.0 Å². The molecule has 1 aliphatic heterocycles. The Balaban J connectivity index is 0.00000259. The van der Waals surface area contributed by atoms with Crippen LogP contribution >= 0.6 is 12.4 Å². The predicted molar refractivity (Wildman–Crippen MR) is 137 cm³/mol. The fourth-order valence-corrected chi connectivity index (χ4v) is 4.81. The minimum Gasteiger partial charge on any atom is -0.497 e. The molecule has 0 spiro atoms. The highest BCUT2D eigenvalue weighted by Gasteiger charge is 2.32. The van der Waals surface area contributed by atoms with E-state index in [2.05, 4.69) is 77.4 Å². The molecule has 0 atom stereocenters. The van der Waals surface area contributed by atoms with Gasteiger partial charge in [0.1, 0.15) is 5.75 Å². The zero-order valence-corrected chi connectivity index (χ0v) is 20.6. The number of hydrogen-bond acceptors (Lipinski definition) is 6. The second-order valence-electron chi connectivity index (χ2n) is 9.51. The number of benzene rings is 2. The van der Waals surface area contributed by atoms with E-state index < -0.39 is 0 Å². The van der Waals surface area contributed by atoms with E-state index in [9.17, 15) is 0 Å². The van der Waals surface area contributed by atoms with Gasteiger partial charge in [0.05, 0.1) is 12.8 Å². The van der Waals surface area contributed by atoms with Gasteiger partial charge in [-0.3, -0.25) is 0 Å². The first-order valence-electron chi connectivity index (χ1n) is 11.3. The largest absolute Gasteiger partial charge is 0.497 e. The van der Waals surface area contributed by atoms with E-state index in [-0.39, 0.29) is 17.8 Å². The van der Waals surface area contributed by atoms with Crippen molar-refractivity contribution in [1.29, 1.82) is 0 Å². The minimum absolute atomic E-state index is 0. The molecule has 1 N–H and O–H groups in total. The van der Waals surface area contributed by atoms with Gasteiger partial charge >= 0.3 is 0 Å². The number of nitrogens with one attached hydrogen (secondary N) is 1. The molecule has 7 heteroatoms. The number of aromatic nitrogens is 2. The third-order valence-corrected chi connectivity index (χ3v) is 6.68. The van der Waals surface area contributed by atoms with Crippen LogP contribution in [-0.4, -0.2) is 55.2 Å². The minimum atomic E-state index is 0. The number of halogens is 1. The van der Waals surface area contributed by atoms with E-state index in [0.717, 1.165) is 55.3 Å². The van der Waals surface area contributed by atoms with Crippen LogP contribution in [-0.2, 0) is 11.8 Å². The number of fused-ring (bicyclic) bond motifs is 3. The summed E-state index contributed by atoms with van der Waals surface area (Å²) in [6.45, 7) is 8.82. The molecule has 3 aromatic rings. The fraction of sp³-hybridized carbons (Fsp3) is 0.385. The van der Waals surface area contributed by atoms with E-state index in [1.165, 1.54) is 16.8 Å². The molecule has 1 aromatic heterocycles. The zero-order valence-electron chi connectivity index (χ0n) is 19.8. The van der Waals surface area contributed by atoms with Crippen LogP contribution in [0.1, 0.15) is 25.0 Å². The third kappa shape index (κ3) is 4.63. The van der Waals surface area contributed by atoms with Crippen LogP contribution in [0.15, 0.2) is 48.7 Å². The summed E-state index contributed by atoms with van der Waals surface area (Å²) in [4.78, 5) is 14.4. The van der Waals surface area contributed by atoms with Crippen molar-refractivity contribution < 1.29 is 4.74 Å². The highest BCUT2D eigenvalue weighted by Crippen LogP contribution is 2.43. The highest BCUT2D eigenvalue weighted by molar-refractivity contribution is 5.85. The average Bonchev–Trinajstić information content (AvgIpc) is 2.80. The van der Waals surface area contributed by atoms with Crippen molar-refractivity contribution >= 4 is 29.7 Å². The lowest BCUT2D eigenvalue weighted by Gasteiger charge is -2.34. The Morgan fingerprint density at radius 3 is 2.58 bits per heavy atom. The van der Waals surface area contributed by atoms with E-state index in [1.54, 1.807) is 7.11 Å². The number of rotatable bonds is 4. The molecule has 174 valence electrons. The molecular formula is C26H32ClN5O. The monoisotopic (exact) mass is 465 g/mol. The molecule has 6 nitrogen and oxygen atoms in total. The van der Waals surface area contributed by atoms with E-state index in [1.807, 2.05) is 12.3 Å². The van der Waals surface area contributed by atoms with Crippen LogP contribution in [0.25, 0.3) is 11.3 Å². The van der Waals surface area contributed by atoms with Gasteiger partial charge in [0, 0.05) is 49.3 Å². The number of anilines is 3. The normalized spacial score (nSPS) is 16.9. The fourth-order valence-electron chi connectivity index (χ4n) is 4.81. The number of nitrogens with zero attached hydrogens (tertiary/aromatic N) is 4. The van der Waals surface area contributed by atoms with Crippen molar-refractivity contribution in [2.45, 2.75) is 25.7 Å². The van der Waals surface area contributed by atoms with Gasteiger partial charge in [0.15, 0.2) is 0 Å². The maximum atomic E-state index is 5.50. The SMILES string of the molecule is COc1ccc2c(c1)-c1nc(Nc3cccc(N4CCN(C)CC4)c3)ncc1CC2(C)C.Cl. The summed E-state index contributed by atoms with van der Waals surface area (Å²) >= 11 is 0. The molecule has 1 aliphatic carbocycles. The van der Waals surface area contributed by atoms with Gasteiger partial charge in [-0.1, -0.05) is 26.0 Å². The second kappa shape index (κ2) is 9.20. The second-order valence-corrected chi connectivity index (χ2v) is 9.51. The summed E-state index contributed by atoms with van der Waals surface area (Å²) < 4.78 is 5.50. The Labute approximate surface area is 202 Å². The van der Waals surface area contributed by atoms with Crippen molar-refractivity contribution in [1.82, 2.24) is 14.9 Å². The highest BCUT2D eigenvalue weighted by atomic mass is 35.5. The van der Waals surface area contributed by atoms with Crippen LogP contribution in [0, 0.1) is 0 Å². The van der Waals surface area contributed by atoms with Crippen molar-refractivity contribution in [2.75, 3.05) is 50.6 Å². The Morgan fingerprint density at radius 1 is 1.03 bits per heavy atom. The van der Waals surface area contributed by atoms with E-state index >= 15 is 0 Å². The molecule has 0 unspecified atom stereocenters. The number of hydrogen-bond donors (Lipinski definition) is 1. The molecule has 5 rings (SSSR count). The molecule has 0 radical (unpaired) electrons. The first kappa shape index (κ1) is 23.3. The number of likely N-dealkylation sites (N-methyl/N-ethyl adjacent to an activating group) is 1. The van der Waals surface area contributed by atoms with E-state index in [0.29, 0.717) is 5.95 Å². The van der Waals surface area contributed by atoms with Crippen molar-refractivity contribution in [3.05, 3.63) is 59.8 Å². The lowest BCUT2D eigenvalue weighted by Crippen LogP contribution is -2.44. The Hall–Kier alpha value is -2.83. The molecule has 2 aromatic carbocycles. The van der Waals surface area contributed by atoms with Gasteiger partial charge < -0.3 is 19.9 Å². The first-order chi connectivity index (χ1) is 15.4. The lowest BCUT2D eigenvalue weighted by atomic mass is 9.72. The molecule has 1 saturated heterocycles. The van der Waals surface area contributed by atoms with Crippen LogP contribution in [0.2, 0.25) is 0 Å². The third-order valence-electron chi connectivity index (χ3n) is 6.68. The molecule has 2 heterocycles. The van der Waals surface area contributed by atoms with Crippen molar-refractivity contribution in [2.24, 2.45) is 0 Å². The van der Waals surface area contributed by atoms with Gasteiger partial charge in [-0.25, -0.2) is 9.97 Å². The molecular weight excluding hydrogens is 434 g/mol. The van der Waals surface area contributed by atoms with Crippen molar-refractivity contribution in [3.63, 3.8) is 0 Å². The molecule has 2 aliphatic rings. The molecule has 1 fully saturated rings. The van der Waals surface area contributed by atoms with Crippen LogP contribution < -0.4 is 15.0 Å². The molecule has 0 bridgehead atoms. The summed E-state index contributed by atoms with van der Waals surface area (Å²) in [7, 11) is 3.88. The standard InChI is InChI=1S/C26H31N5O.ClH/c1-26(2)16-18-17-27-25(29-24(18)22-15-21(32-4)8-9-23(22)26)28-19-6-5-7-20(14-19)31-12-10-30(3)11-13-31;/h5-9,14-15,17H,10-13,16H2,1-4H3,(H,27,28,29);1H. The Bertz CT molecular complexity index is 1140. The lowest BCUT2D eigenvalue weighted by molar-refractivity contribution is 0.313. The number of piperazine rings is 1. The molecule has 33 heavy (non-hydrogen) atoms. The van der Waals surface area contributed by atoms with Gasteiger partial charge in [-0.15, -0.1) is 12.4 Å². The topological polar surface area (TPSA) is 53.5 Å². The Kier molecular flexibility index (Phi) is 6.50. The Morgan fingerprint density at radius 2 is 1.82 bits per heavy atom. The maximum absolute atomic E-state index is 5.50. The smallest absolute Gasteiger partial charge is 0.227 e. The van der Waals surface area contributed by atoms with Crippen LogP contribution in [0.5, 0.6) is 5.75 Å². The molecule has 0 saturated carbocycles.